The van der Waals surface area contributed by atoms with Crippen molar-refractivity contribution in [3.05, 3.63) is 89.7 Å². The van der Waals surface area contributed by atoms with Crippen molar-refractivity contribution in [2.75, 3.05) is 25.2 Å². The van der Waals surface area contributed by atoms with Crippen molar-refractivity contribution in [3.8, 4) is 11.5 Å². The summed E-state index contributed by atoms with van der Waals surface area (Å²) in [6.07, 6.45) is 1.67. The average Bonchev–Trinajstić information content (AvgIpc) is 3.30. The van der Waals surface area contributed by atoms with Crippen molar-refractivity contribution in [1.82, 2.24) is 4.90 Å². The molecular formula is C26H27F3N2O3. The summed E-state index contributed by atoms with van der Waals surface area (Å²) in [5.41, 5.74) is 0.629. The fraction of sp³-hybridized carbons (Fsp3) is 0.269. The fourth-order valence-corrected chi connectivity index (χ4v) is 3.88. The van der Waals surface area contributed by atoms with Gasteiger partial charge in [-0.3, -0.25) is 9.69 Å². The molecular weight excluding hydrogens is 445 g/mol. The molecule has 0 bridgehead atoms. The largest absolute Gasteiger partial charge is 0.457 e. The predicted molar refractivity (Wildman–Crippen MR) is 124 cm³/mol. The Morgan fingerprint density at radius 2 is 1.62 bits per heavy atom. The molecule has 34 heavy (non-hydrogen) atoms. The van der Waals surface area contributed by atoms with Crippen LogP contribution in [0.3, 0.4) is 0 Å². The SMILES string of the molecule is O=C(Nc1ccc(Oc2ccc(F)cc2)cc1)[C@@H]1CCCN1COCCc1c(F)cccc1F.[HH]. The molecule has 0 radical (unpaired) electrons. The van der Waals surface area contributed by atoms with Gasteiger partial charge in [0.05, 0.1) is 19.4 Å². The lowest BCUT2D eigenvalue weighted by Crippen LogP contribution is -2.40. The molecule has 5 nitrogen and oxygen atoms in total. The summed E-state index contributed by atoms with van der Waals surface area (Å²) in [4.78, 5) is 14.7. The Balaban J connectivity index is 0.00000342. The van der Waals surface area contributed by atoms with E-state index in [1.807, 2.05) is 4.90 Å². The van der Waals surface area contributed by atoms with E-state index in [2.05, 4.69) is 5.32 Å². The molecule has 4 rings (SSSR count). The van der Waals surface area contributed by atoms with E-state index in [1.165, 1.54) is 42.5 Å². The summed E-state index contributed by atoms with van der Waals surface area (Å²) in [7, 11) is 0. The predicted octanol–water partition coefficient (Wildman–Crippen LogP) is 5.76. The smallest absolute Gasteiger partial charge is 0.241 e. The number of hydrogen-bond acceptors (Lipinski definition) is 4. The summed E-state index contributed by atoms with van der Waals surface area (Å²) in [5.74, 6) is -0.583. The second-order valence-corrected chi connectivity index (χ2v) is 8.03. The minimum Gasteiger partial charge on any atom is -0.457 e. The Hall–Kier alpha value is -3.36. The second kappa shape index (κ2) is 11.2. The molecule has 3 aromatic carbocycles. The highest BCUT2D eigenvalue weighted by molar-refractivity contribution is 5.95. The maximum absolute atomic E-state index is 13.7. The molecule has 1 aliphatic heterocycles. The van der Waals surface area contributed by atoms with Crippen LogP contribution in [-0.4, -0.2) is 36.7 Å². The molecule has 1 aliphatic rings. The van der Waals surface area contributed by atoms with Gasteiger partial charge in [0.15, 0.2) is 0 Å². The Kier molecular flexibility index (Phi) is 7.82. The molecule has 1 amide bonds. The maximum atomic E-state index is 13.7. The van der Waals surface area contributed by atoms with Crippen LogP contribution in [0.15, 0.2) is 66.7 Å². The number of anilines is 1. The maximum Gasteiger partial charge on any atom is 0.241 e. The van der Waals surface area contributed by atoms with E-state index in [9.17, 15) is 18.0 Å². The third-order valence-corrected chi connectivity index (χ3v) is 5.65. The van der Waals surface area contributed by atoms with Gasteiger partial charge < -0.3 is 14.8 Å². The van der Waals surface area contributed by atoms with Crippen molar-refractivity contribution in [3.63, 3.8) is 0 Å². The van der Waals surface area contributed by atoms with Crippen molar-refractivity contribution >= 4 is 11.6 Å². The first-order valence-corrected chi connectivity index (χ1v) is 11.1. The molecule has 8 heteroatoms. The highest BCUT2D eigenvalue weighted by Crippen LogP contribution is 2.24. The fourth-order valence-electron chi connectivity index (χ4n) is 3.88. The summed E-state index contributed by atoms with van der Waals surface area (Å²) >= 11 is 0. The molecule has 1 atom stereocenters. The zero-order valence-electron chi connectivity index (χ0n) is 18.5. The number of ether oxygens (including phenoxy) is 2. The van der Waals surface area contributed by atoms with Gasteiger partial charge in [0, 0.05) is 25.6 Å². The lowest BCUT2D eigenvalue weighted by Gasteiger charge is -2.23. The minimum absolute atomic E-state index is 0. The monoisotopic (exact) mass is 472 g/mol. The molecule has 0 spiro atoms. The zero-order chi connectivity index (χ0) is 23.9. The number of amides is 1. The van der Waals surface area contributed by atoms with Crippen LogP contribution in [-0.2, 0) is 16.0 Å². The molecule has 3 aromatic rings. The van der Waals surface area contributed by atoms with Crippen molar-refractivity contribution in [1.29, 1.82) is 0 Å². The van der Waals surface area contributed by atoms with Gasteiger partial charge in [-0.15, -0.1) is 0 Å². The van der Waals surface area contributed by atoms with Crippen LogP contribution in [0.4, 0.5) is 18.9 Å². The van der Waals surface area contributed by atoms with Crippen molar-refractivity contribution in [2.24, 2.45) is 0 Å². The van der Waals surface area contributed by atoms with Crippen LogP contribution >= 0.6 is 0 Å². The summed E-state index contributed by atoms with van der Waals surface area (Å²) in [6, 6.07) is 16.0. The number of carbonyl (C=O) groups is 1. The molecule has 0 saturated carbocycles. The number of rotatable bonds is 9. The number of halogens is 3. The lowest BCUT2D eigenvalue weighted by atomic mass is 10.1. The number of carbonyl (C=O) groups excluding carboxylic acids is 1. The van der Waals surface area contributed by atoms with Gasteiger partial charge in [0.25, 0.3) is 0 Å². The van der Waals surface area contributed by atoms with E-state index in [1.54, 1.807) is 24.3 Å². The Labute approximate surface area is 197 Å². The highest BCUT2D eigenvalue weighted by Gasteiger charge is 2.30. The Morgan fingerprint density at radius 3 is 2.29 bits per heavy atom. The highest BCUT2D eigenvalue weighted by atomic mass is 19.1. The topological polar surface area (TPSA) is 50.8 Å². The third kappa shape index (κ3) is 6.15. The summed E-state index contributed by atoms with van der Waals surface area (Å²) in [5, 5.41) is 2.90. The van der Waals surface area contributed by atoms with Crippen LogP contribution in [0.5, 0.6) is 11.5 Å². The van der Waals surface area contributed by atoms with Gasteiger partial charge in [-0.05, 0) is 73.5 Å². The summed E-state index contributed by atoms with van der Waals surface area (Å²) in [6.45, 7) is 1.06. The molecule has 0 unspecified atom stereocenters. The average molecular weight is 473 g/mol. The first kappa shape index (κ1) is 23.8. The number of likely N-dealkylation sites (tertiary alicyclic amines) is 1. The molecule has 1 heterocycles. The van der Waals surface area contributed by atoms with E-state index in [4.69, 9.17) is 9.47 Å². The van der Waals surface area contributed by atoms with Gasteiger partial charge in [-0.25, -0.2) is 13.2 Å². The Morgan fingerprint density at radius 1 is 0.971 bits per heavy atom. The van der Waals surface area contributed by atoms with Gasteiger partial charge in [0.1, 0.15) is 29.0 Å². The molecule has 1 fully saturated rings. The molecule has 180 valence electrons. The van der Waals surface area contributed by atoms with Crippen molar-refractivity contribution in [2.45, 2.75) is 25.3 Å². The normalized spacial score (nSPS) is 15.9. The third-order valence-electron chi connectivity index (χ3n) is 5.65. The standard InChI is InChI=1S/C26H25F3N2O3.H2/c27-18-6-10-20(11-7-18)34-21-12-8-19(9-13-21)30-26(32)25-5-2-15-31(25)17-33-16-14-22-23(28)3-1-4-24(22)29;/h1,3-4,6-13,25H,2,5,14-17H2,(H,30,32);1H/t25-;/m0./s1. The number of benzene rings is 3. The van der Waals surface area contributed by atoms with Gasteiger partial charge in [0.2, 0.25) is 5.91 Å². The van der Waals surface area contributed by atoms with Crippen molar-refractivity contribution < 1.29 is 28.9 Å². The van der Waals surface area contributed by atoms with Crippen LogP contribution in [0.25, 0.3) is 0 Å². The van der Waals surface area contributed by atoms with Gasteiger partial charge in [-0.1, -0.05) is 6.07 Å². The van der Waals surface area contributed by atoms with E-state index < -0.39 is 11.6 Å². The van der Waals surface area contributed by atoms with Crippen LogP contribution in [0.1, 0.15) is 19.8 Å². The van der Waals surface area contributed by atoms with E-state index in [0.29, 0.717) is 30.2 Å². The number of hydrogen-bond donors (Lipinski definition) is 1. The van der Waals surface area contributed by atoms with Crippen LogP contribution in [0.2, 0.25) is 0 Å². The van der Waals surface area contributed by atoms with E-state index in [0.717, 1.165) is 6.42 Å². The number of nitrogens with one attached hydrogen (secondary N) is 1. The lowest BCUT2D eigenvalue weighted by molar-refractivity contribution is -0.122. The van der Waals surface area contributed by atoms with Gasteiger partial charge in [-0.2, -0.15) is 0 Å². The van der Waals surface area contributed by atoms with E-state index >= 15 is 0 Å². The first-order chi connectivity index (χ1) is 16.5. The quantitative estimate of drug-likeness (QED) is 0.402. The van der Waals surface area contributed by atoms with E-state index in [-0.39, 0.29) is 44.5 Å². The van der Waals surface area contributed by atoms with Gasteiger partial charge >= 0.3 is 0 Å². The Bertz CT molecular complexity index is 1090. The minimum atomic E-state index is -0.587. The first-order valence-electron chi connectivity index (χ1n) is 11.1. The molecule has 0 aromatic heterocycles. The molecule has 1 N–H and O–H groups in total. The van der Waals surface area contributed by atoms with Crippen LogP contribution in [0, 0.1) is 17.5 Å². The zero-order valence-corrected chi connectivity index (χ0v) is 18.5. The summed E-state index contributed by atoms with van der Waals surface area (Å²) < 4.78 is 51.7. The molecule has 1 saturated heterocycles. The molecule has 0 aliphatic carbocycles. The van der Waals surface area contributed by atoms with Crippen LogP contribution < -0.4 is 10.1 Å². The second-order valence-electron chi connectivity index (χ2n) is 8.03. The number of nitrogens with zero attached hydrogens (tertiary/aromatic N) is 1.